The molecule has 1 atom stereocenters. The van der Waals surface area contributed by atoms with E-state index in [0.717, 1.165) is 0 Å². The normalized spacial score (nSPS) is 11.9. The van der Waals surface area contributed by atoms with Crippen LogP contribution in [0.4, 0.5) is 0 Å². The van der Waals surface area contributed by atoms with E-state index in [2.05, 4.69) is 0 Å². The molecule has 0 spiro atoms. The number of methoxy groups -OCH3 is 2. The molecule has 0 saturated heterocycles. The van der Waals surface area contributed by atoms with Gasteiger partial charge in [-0.1, -0.05) is 0 Å². The molecule has 19 heavy (non-hydrogen) atoms. The van der Waals surface area contributed by atoms with E-state index < -0.39 is 0 Å². The van der Waals surface area contributed by atoms with Crippen LogP contribution in [-0.2, 0) is 0 Å². The summed E-state index contributed by atoms with van der Waals surface area (Å²) in [7, 11) is 3.18. The van der Waals surface area contributed by atoms with Crippen LogP contribution < -0.4 is 19.9 Å². The van der Waals surface area contributed by atoms with Gasteiger partial charge >= 0.3 is 0 Å². The lowest BCUT2D eigenvalue weighted by atomic mass is 10.2. The SMILES string of the molecule is COc1cc(OC)cc(OC(CN)c2ccco2)c1. The predicted octanol–water partition coefficient (Wildman–Crippen LogP) is 2.38. The number of furan rings is 1. The summed E-state index contributed by atoms with van der Waals surface area (Å²) in [5.41, 5.74) is 5.71. The second-order valence-corrected chi connectivity index (χ2v) is 3.91. The maximum Gasteiger partial charge on any atom is 0.168 e. The maximum atomic E-state index is 5.81. The van der Waals surface area contributed by atoms with Gasteiger partial charge in [-0.2, -0.15) is 0 Å². The number of nitrogens with two attached hydrogens (primary N) is 1. The summed E-state index contributed by atoms with van der Waals surface area (Å²) in [6, 6.07) is 8.95. The Morgan fingerprint density at radius 1 is 1.11 bits per heavy atom. The lowest BCUT2D eigenvalue weighted by molar-refractivity contribution is 0.182. The zero-order chi connectivity index (χ0) is 13.7. The summed E-state index contributed by atoms with van der Waals surface area (Å²) in [5.74, 6) is 2.61. The topological polar surface area (TPSA) is 66.8 Å². The van der Waals surface area contributed by atoms with Gasteiger partial charge < -0.3 is 24.4 Å². The molecule has 0 amide bonds. The molecule has 1 heterocycles. The molecular formula is C14H17NO4. The van der Waals surface area contributed by atoms with Gasteiger partial charge in [-0.25, -0.2) is 0 Å². The largest absolute Gasteiger partial charge is 0.496 e. The van der Waals surface area contributed by atoms with E-state index in [9.17, 15) is 0 Å². The highest BCUT2D eigenvalue weighted by Crippen LogP contribution is 2.30. The van der Waals surface area contributed by atoms with Crippen molar-refractivity contribution in [2.45, 2.75) is 6.10 Å². The average molecular weight is 263 g/mol. The van der Waals surface area contributed by atoms with Gasteiger partial charge in [-0.15, -0.1) is 0 Å². The van der Waals surface area contributed by atoms with E-state index in [1.165, 1.54) is 0 Å². The van der Waals surface area contributed by atoms with E-state index in [1.807, 2.05) is 6.07 Å². The van der Waals surface area contributed by atoms with Crippen molar-refractivity contribution in [2.75, 3.05) is 20.8 Å². The zero-order valence-electron chi connectivity index (χ0n) is 11.0. The fourth-order valence-electron chi connectivity index (χ4n) is 1.71. The molecule has 102 valence electrons. The molecule has 0 aliphatic carbocycles. The van der Waals surface area contributed by atoms with E-state index in [4.69, 9.17) is 24.4 Å². The van der Waals surface area contributed by atoms with E-state index >= 15 is 0 Å². The third-order valence-electron chi connectivity index (χ3n) is 2.68. The molecular weight excluding hydrogens is 246 g/mol. The summed E-state index contributed by atoms with van der Waals surface area (Å²) < 4.78 is 21.5. The molecule has 0 bridgehead atoms. The van der Waals surface area contributed by atoms with Gasteiger partial charge in [-0.3, -0.25) is 0 Å². The van der Waals surface area contributed by atoms with Crippen LogP contribution in [0, 0.1) is 0 Å². The van der Waals surface area contributed by atoms with Crippen LogP contribution in [0.1, 0.15) is 11.9 Å². The molecule has 0 fully saturated rings. The fraction of sp³-hybridized carbons (Fsp3) is 0.286. The lowest BCUT2D eigenvalue weighted by Gasteiger charge is -2.16. The Balaban J connectivity index is 2.21. The lowest BCUT2D eigenvalue weighted by Crippen LogP contribution is -2.17. The van der Waals surface area contributed by atoms with Crippen molar-refractivity contribution in [3.05, 3.63) is 42.4 Å². The molecule has 5 heteroatoms. The van der Waals surface area contributed by atoms with Crippen molar-refractivity contribution in [1.82, 2.24) is 0 Å². The fourth-order valence-corrected chi connectivity index (χ4v) is 1.71. The quantitative estimate of drug-likeness (QED) is 0.866. The number of ether oxygens (including phenoxy) is 3. The molecule has 1 aromatic carbocycles. The minimum absolute atomic E-state index is 0.313. The first-order chi connectivity index (χ1) is 9.26. The van der Waals surface area contributed by atoms with E-state index in [-0.39, 0.29) is 6.10 Å². The smallest absolute Gasteiger partial charge is 0.168 e. The number of rotatable bonds is 6. The van der Waals surface area contributed by atoms with Crippen molar-refractivity contribution in [2.24, 2.45) is 5.73 Å². The minimum Gasteiger partial charge on any atom is -0.496 e. The standard InChI is InChI=1S/C14H17NO4/c1-16-10-6-11(17-2)8-12(7-10)19-14(9-15)13-4-3-5-18-13/h3-8,14H,9,15H2,1-2H3. The first kappa shape index (κ1) is 13.3. The molecule has 0 radical (unpaired) electrons. The number of hydrogen-bond donors (Lipinski definition) is 1. The third kappa shape index (κ3) is 3.20. The third-order valence-corrected chi connectivity index (χ3v) is 2.68. The molecule has 0 aliphatic heterocycles. The van der Waals surface area contributed by atoms with Crippen LogP contribution >= 0.6 is 0 Å². The molecule has 1 aromatic heterocycles. The summed E-state index contributed by atoms with van der Waals surface area (Å²) in [6.07, 6.45) is 1.25. The van der Waals surface area contributed by atoms with Gasteiger partial charge in [-0.05, 0) is 12.1 Å². The van der Waals surface area contributed by atoms with Gasteiger partial charge in [0.2, 0.25) is 0 Å². The van der Waals surface area contributed by atoms with Crippen LogP contribution in [0.5, 0.6) is 17.2 Å². The molecule has 2 N–H and O–H groups in total. The number of benzene rings is 1. The van der Waals surface area contributed by atoms with Crippen molar-refractivity contribution < 1.29 is 18.6 Å². The minimum atomic E-state index is -0.341. The maximum absolute atomic E-state index is 5.81. The second-order valence-electron chi connectivity index (χ2n) is 3.91. The Labute approximate surface area is 111 Å². The second kappa shape index (κ2) is 6.15. The summed E-state index contributed by atoms with van der Waals surface area (Å²) in [6.45, 7) is 0.313. The van der Waals surface area contributed by atoms with Crippen molar-refractivity contribution in [1.29, 1.82) is 0 Å². The van der Waals surface area contributed by atoms with Gasteiger partial charge in [0.25, 0.3) is 0 Å². The van der Waals surface area contributed by atoms with Crippen LogP contribution in [0.2, 0.25) is 0 Å². The Hall–Kier alpha value is -2.14. The Morgan fingerprint density at radius 2 is 1.74 bits per heavy atom. The van der Waals surface area contributed by atoms with Crippen LogP contribution in [-0.4, -0.2) is 20.8 Å². The molecule has 2 rings (SSSR count). The predicted molar refractivity (Wildman–Crippen MR) is 70.7 cm³/mol. The van der Waals surface area contributed by atoms with Gasteiger partial charge in [0.05, 0.1) is 20.5 Å². The Kier molecular flexibility index (Phi) is 4.30. The first-order valence-corrected chi connectivity index (χ1v) is 5.90. The van der Waals surface area contributed by atoms with Gasteiger partial charge in [0.15, 0.2) is 6.10 Å². The monoisotopic (exact) mass is 263 g/mol. The average Bonchev–Trinajstić information content (AvgIpc) is 2.98. The van der Waals surface area contributed by atoms with E-state index in [0.29, 0.717) is 29.6 Å². The van der Waals surface area contributed by atoms with Crippen LogP contribution in [0.25, 0.3) is 0 Å². The Bertz CT molecular complexity index is 488. The van der Waals surface area contributed by atoms with Gasteiger partial charge in [0, 0.05) is 24.7 Å². The molecule has 5 nitrogen and oxygen atoms in total. The summed E-state index contributed by atoms with van der Waals surface area (Å²) in [4.78, 5) is 0. The van der Waals surface area contributed by atoms with E-state index in [1.54, 1.807) is 44.7 Å². The molecule has 0 saturated carbocycles. The summed E-state index contributed by atoms with van der Waals surface area (Å²) >= 11 is 0. The zero-order valence-corrected chi connectivity index (χ0v) is 11.0. The highest BCUT2D eigenvalue weighted by molar-refractivity contribution is 5.42. The highest BCUT2D eigenvalue weighted by atomic mass is 16.5. The Morgan fingerprint density at radius 3 is 2.21 bits per heavy atom. The van der Waals surface area contributed by atoms with Crippen molar-refractivity contribution in [3.8, 4) is 17.2 Å². The van der Waals surface area contributed by atoms with Crippen LogP contribution in [0.15, 0.2) is 41.0 Å². The first-order valence-electron chi connectivity index (χ1n) is 5.90. The van der Waals surface area contributed by atoms with Crippen molar-refractivity contribution >= 4 is 0 Å². The number of hydrogen-bond acceptors (Lipinski definition) is 5. The highest BCUT2D eigenvalue weighted by Gasteiger charge is 2.15. The molecule has 1 unspecified atom stereocenters. The van der Waals surface area contributed by atoms with Crippen molar-refractivity contribution in [3.63, 3.8) is 0 Å². The summed E-state index contributed by atoms with van der Waals surface area (Å²) in [5, 5.41) is 0. The molecule has 0 aliphatic rings. The van der Waals surface area contributed by atoms with Crippen LogP contribution in [0.3, 0.4) is 0 Å². The van der Waals surface area contributed by atoms with Gasteiger partial charge in [0.1, 0.15) is 23.0 Å². The molecule has 2 aromatic rings.